The number of halogens is 1. The maximum absolute atomic E-state index is 13.2. The van der Waals surface area contributed by atoms with Crippen molar-refractivity contribution in [2.75, 3.05) is 38.4 Å². The summed E-state index contributed by atoms with van der Waals surface area (Å²) in [5.41, 5.74) is 1.34. The molecular formula is C21H22ClNO5. The van der Waals surface area contributed by atoms with Crippen LogP contribution in [0.2, 0.25) is 5.02 Å². The number of fused-ring (bicyclic) bond motifs is 2. The fraction of sp³-hybridized carbons (Fsp3) is 0.381. The second-order valence-corrected chi connectivity index (χ2v) is 7.02. The molecule has 0 unspecified atom stereocenters. The lowest BCUT2D eigenvalue weighted by Crippen LogP contribution is -2.47. The van der Waals surface area contributed by atoms with E-state index in [1.165, 1.54) is 0 Å². The first kappa shape index (κ1) is 19.1. The molecule has 2 aromatic carbocycles. The van der Waals surface area contributed by atoms with Crippen molar-refractivity contribution in [2.24, 2.45) is 0 Å². The largest absolute Gasteiger partial charge is 0.493 e. The Morgan fingerprint density at radius 1 is 1.11 bits per heavy atom. The van der Waals surface area contributed by atoms with Crippen LogP contribution in [0.15, 0.2) is 42.5 Å². The van der Waals surface area contributed by atoms with Crippen molar-refractivity contribution in [2.45, 2.75) is 18.6 Å². The number of para-hydroxylation sites is 3. The van der Waals surface area contributed by atoms with Crippen LogP contribution in [0, 0.1) is 0 Å². The first-order chi connectivity index (χ1) is 13.7. The van der Waals surface area contributed by atoms with Crippen LogP contribution in [0.4, 0.5) is 5.69 Å². The zero-order valence-corrected chi connectivity index (χ0v) is 16.4. The predicted molar refractivity (Wildman–Crippen MR) is 105 cm³/mol. The molecule has 4 rings (SSSR count). The topological polar surface area (TPSA) is 57.2 Å². The third-order valence-electron chi connectivity index (χ3n) is 4.89. The van der Waals surface area contributed by atoms with Gasteiger partial charge in [0.2, 0.25) is 0 Å². The lowest BCUT2D eigenvalue weighted by atomic mass is 10.1. The molecule has 1 saturated heterocycles. The molecule has 0 radical (unpaired) electrons. The highest BCUT2D eigenvalue weighted by Gasteiger charge is 2.55. The van der Waals surface area contributed by atoms with Crippen molar-refractivity contribution in [1.82, 2.24) is 0 Å². The number of ether oxygens (including phenoxy) is 4. The Balaban J connectivity index is 1.48. The maximum atomic E-state index is 13.2. The van der Waals surface area contributed by atoms with Gasteiger partial charge in [0.15, 0.2) is 11.5 Å². The molecule has 0 saturated carbocycles. The number of carbonyl (C=O) groups is 1. The van der Waals surface area contributed by atoms with E-state index in [1.807, 2.05) is 36.4 Å². The number of nitrogens with zero attached hydrogens (tertiary/aromatic N) is 1. The van der Waals surface area contributed by atoms with E-state index in [0.29, 0.717) is 60.6 Å². The van der Waals surface area contributed by atoms with Crippen LogP contribution in [0.5, 0.6) is 11.5 Å². The molecule has 2 aromatic rings. The number of methoxy groups -OCH3 is 1. The van der Waals surface area contributed by atoms with Crippen LogP contribution >= 0.6 is 11.6 Å². The van der Waals surface area contributed by atoms with Gasteiger partial charge >= 0.3 is 0 Å². The third kappa shape index (κ3) is 3.21. The van der Waals surface area contributed by atoms with Gasteiger partial charge in [0, 0.05) is 12.1 Å². The average molecular weight is 404 g/mol. The Labute approximate surface area is 168 Å². The lowest BCUT2D eigenvalue weighted by molar-refractivity contribution is -0.256. The molecule has 0 bridgehead atoms. The minimum Gasteiger partial charge on any atom is -0.493 e. The summed E-state index contributed by atoms with van der Waals surface area (Å²) in [6.07, 6.45) is 1.38. The average Bonchev–Trinajstić information content (AvgIpc) is 2.95. The Kier molecular flexibility index (Phi) is 5.44. The summed E-state index contributed by atoms with van der Waals surface area (Å²) in [5, 5.41) is 0.506. The van der Waals surface area contributed by atoms with Gasteiger partial charge in [-0.25, -0.2) is 0 Å². The molecule has 1 fully saturated rings. The minimum atomic E-state index is -1.37. The first-order valence-corrected chi connectivity index (χ1v) is 9.70. The summed E-state index contributed by atoms with van der Waals surface area (Å²) in [5.74, 6) is -0.252. The van der Waals surface area contributed by atoms with Crippen molar-refractivity contribution in [3.63, 3.8) is 0 Å². The van der Waals surface area contributed by atoms with E-state index in [-0.39, 0.29) is 5.91 Å². The second-order valence-electron chi connectivity index (χ2n) is 6.61. The summed E-state index contributed by atoms with van der Waals surface area (Å²) >= 11 is 6.43. The standard InChI is InChI=1S/C21H22ClNO5/c1-25-17-9-2-3-10-18(17)26-12-5-11-23-19-15(7-4-8-16(19)22)21(20(23)24)27-13-6-14-28-21/h2-4,7-10H,5-6,11-14H2,1H3. The van der Waals surface area contributed by atoms with Gasteiger partial charge in [-0.3, -0.25) is 4.79 Å². The fourth-order valence-electron chi connectivity index (χ4n) is 3.62. The van der Waals surface area contributed by atoms with Crippen LogP contribution in [-0.2, 0) is 20.1 Å². The fourth-order valence-corrected chi connectivity index (χ4v) is 3.89. The molecule has 2 aliphatic heterocycles. The van der Waals surface area contributed by atoms with E-state index in [4.69, 9.17) is 30.5 Å². The first-order valence-electron chi connectivity index (χ1n) is 9.32. The van der Waals surface area contributed by atoms with E-state index in [9.17, 15) is 4.79 Å². The number of hydrogen-bond donors (Lipinski definition) is 0. The van der Waals surface area contributed by atoms with Crippen molar-refractivity contribution >= 4 is 23.2 Å². The molecule has 28 heavy (non-hydrogen) atoms. The molecular weight excluding hydrogens is 382 g/mol. The van der Waals surface area contributed by atoms with Crippen LogP contribution in [0.3, 0.4) is 0 Å². The molecule has 7 heteroatoms. The number of carbonyl (C=O) groups excluding carboxylic acids is 1. The predicted octanol–water partition coefficient (Wildman–Crippen LogP) is 3.75. The molecule has 0 aromatic heterocycles. The summed E-state index contributed by atoms with van der Waals surface area (Å²) in [7, 11) is 1.60. The van der Waals surface area contributed by atoms with Crippen molar-refractivity contribution < 1.29 is 23.7 Å². The normalized spacial score (nSPS) is 17.6. The van der Waals surface area contributed by atoms with E-state index in [0.717, 1.165) is 6.42 Å². The van der Waals surface area contributed by atoms with Gasteiger partial charge in [0.25, 0.3) is 11.7 Å². The molecule has 148 valence electrons. The number of amides is 1. The minimum absolute atomic E-state index is 0.229. The summed E-state index contributed by atoms with van der Waals surface area (Å²) in [6.45, 7) is 1.82. The number of hydrogen-bond acceptors (Lipinski definition) is 5. The van der Waals surface area contributed by atoms with E-state index in [1.54, 1.807) is 18.1 Å². The van der Waals surface area contributed by atoms with E-state index in [2.05, 4.69) is 0 Å². The molecule has 6 nitrogen and oxygen atoms in total. The summed E-state index contributed by atoms with van der Waals surface area (Å²) in [6, 6.07) is 12.9. The molecule has 2 aliphatic rings. The quantitative estimate of drug-likeness (QED) is 0.687. The Morgan fingerprint density at radius 2 is 1.86 bits per heavy atom. The van der Waals surface area contributed by atoms with Crippen LogP contribution in [-0.4, -0.2) is 39.4 Å². The Morgan fingerprint density at radius 3 is 2.61 bits per heavy atom. The van der Waals surface area contributed by atoms with Gasteiger partial charge in [-0.1, -0.05) is 35.9 Å². The number of benzene rings is 2. The second kappa shape index (κ2) is 7.99. The van der Waals surface area contributed by atoms with Crippen molar-refractivity contribution in [3.8, 4) is 11.5 Å². The highest BCUT2D eigenvalue weighted by molar-refractivity contribution is 6.35. The third-order valence-corrected chi connectivity index (χ3v) is 5.20. The SMILES string of the molecule is COc1ccccc1OCCCN1C(=O)C2(OCCCO2)c2cccc(Cl)c21. The van der Waals surface area contributed by atoms with Gasteiger partial charge in [0.05, 0.1) is 37.6 Å². The van der Waals surface area contributed by atoms with Gasteiger partial charge in [-0.15, -0.1) is 0 Å². The van der Waals surface area contributed by atoms with E-state index >= 15 is 0 Å². The summed E-state index contributed by atoms with van der Waals surface area (Å²) in [4.78, 5) is 14.9. The van der Waals surface area contributed by atoms with E-state index < -0.39 is 5.79 Å². The molecule has 0 aliphatic carbocycles. The highest BCUT2D eigenvalue weighted by atomic mass is 35.5. The molecule has 0 N–H and O–H groups in total. The zero-order chi connectivity index (χ0) is 19.6. The maximum Gasteiger partial charge on any atom is 0.292 e. The molecule has 1 amide bonds. The van der Waals surface area contributed by atoms with Gasteiger partial charge in [-0.2, -0.15) is 0 Å². The molecule has 0 atom stereocenters. The number of anilines is 1. The van der Waals surface area contributed by atoms with Crippen molar-refractivity contribution in [3.05, 3.63) is 53.1 Å². The summed E-state index contributed by atoms with van der Waals surface area (Å²) < 4.78 is 22.8. The zero-order valence-electron chi connectivity index (χ0n) is 15.7. The molecule has 2 heterocycles. The smallest absolute Gasteiger partial charge is 0.292 e. The lowest BCUT2D eigenvalue weighted by Gasteiger charge is -2.32. The Hall–Kier alpha value is -2.28. The van der Waals surface area contributed by atoms with Gasteiger partial charge < -0.3 is 23.8 Å². The van der Waals surface area contributed by atoms with Crippen LogP contribution < -0.4 is 14.4 Å². The Bertz CT molecular complexity index is 866. The van der Waals surface area contributed by atoms with Gasteiger partial charge in [-0.05, 0) is 31.0 Å². The van der Waals surface area contributed by atoms with Crippen molar-refractivity contribution in [1.29, 1.82) is 0 Å². The van der Waals surface area contributed by atoms with Crippen LogP contribution in [0.25, 0.3) is 0 Å². The molecule has 1 spiro atoms. The number of rotatable bonds is 6. The monoisotopic (exact) mass is 403 g/mol. The van der Waals surface area contributed by atoms with Gasteiger partial charge in [0.1, 0.15) is 0 Å². The van der Waals surface area contributed by atoms with Crippen LogP contribution in [0.1, 0.15) is 18.4 Å². The highest BCUT2D eigenvalue weighted by Crippen LogP contribution is 2.48.